The molecule has 1 amide bonds. The second-order valence-electron chi connectivity index (χ2n) is 7.55. The molecule has 1 N–H and O–H groups in total. The molecule has 0 saturated carbocycles. The molecule has 1 unspecified atom stereocenters. The number of Topliss-reactive ketones (excluding diaryl/α,β-unsaturated/α-hetero) is 1. The number of carbonyl (C=O) groups excluding carboxylic acids is 2. The Morgan fingerprint density at radius 1 is 1.16 bits per heavy atom. The van der Waals surface area contributed by atoms with Gasteiger partial charge in [0, 0.05) is 26.2 Å². The van der Waals surface area contributed by atoms with E-state index in [4.69, 9.17) is 13.9 Å². The average Bonchev–Trinajstić information content (AvgIpc) is 3.43. The molecular weight excluding hydrogens is 400 g/mol. The van der Waals surface area contributed by atoms with Gasteiger partial charge in [-0.05, 0) is 36.2 Å². The van der Waals surface area contributed by atoms with E-state index in [0.717, 1.165) is 25.2 Å². The van der Waals surface area contributed by atoms with Crippen molar-refractivity contribution in [2.75, 3.05) is 46.5 Å². The van der Waals surface area contributed by atoms with Gasteiger partial charge < -0.3 is 23.9 Å². The first-order valence-corrected chi connectivity index (χ1v) is 10.4. The van der Waals surface area contributed by atoms with E-state index < -0.39 is 23.5 Å². The number of hydrogen-bond donors (Lipinski definition) is 1. The predicted octanol–water partition coefficient (Wildman–Crippen LogP) is 2.59. The number of ketones is 1. The van der Waals surface area contributed by atoms with Crippen molar-refractivity contribution in [2.45, 2.75) is 12.5 Å². The minimum atomic E-state index is -0.694. The van der Waals surface area contributed by atoms with Crippen molar-refractivity contribution in [3.05, 3.63) is 65.3 Å². The number of amides is 1. The summed E-state index contributed by atoms with van der Waals surface area (Å²) < 4.78 is 15.8. The Morgan fingerprint density at radius 3 is 2.55 bits per heavy atom. The standard InChI is InChI=1S/C23H26N2O6/c1-29-17-7-5-16(6-8-17)20-19(21(26)18-4-2-13-31-18)22(27)23(28)25(20)10-3-9-24-11-14-30-15-12-24/h2,4-8,13,20,27H,3,9-12,14-15H2,1H3. The van der Waals surface area contributed by atoms with Crippen molar-refractivity contribution in [3.8, 4) is 5.75 Å². The van der Waals surface area contributed by atoms with Gasteiger partial charge in [0.2, 0.25) is 5.78 Å². The molecule has 0 spiro atoms. The van der Waals surface area contributed by atoms with Crippen molar-refractivity contribution in [3.63, 3.8) is 0 Å². The lowest BCUT2D eigenvalue weighted by Gasteiger charge is -2.30. The fourth-order valence-corrected chi connectivity index (χ4v) is 4.08. The molecule has 1 atom stereocenters. The smallest absolute Gasteiger partial charge is 0.290 e. The molecule has 8 nitrogen and oxygen atoms in total. The quantitative estimate of drug-likeness (QED) is 0.649. The molecular formula is C23H26N2O6. The Balaban J connectivity index is 1.59. The summed E-state index contributed by atoms with van der Waals surface area (Å²) >= 11 is 0. The van der Waals surface area contributed by atoms with Crippen molar-refractivity contribution < 1.29 is 28.6 Å². The maximum Gasteiger partial charge on any atom is 0.290 e. The van der Waals surface area contributed by atoms with Crippen LogP contribution in [0.4, 0.5) is 0 Å². The summed E-state index contributed by atoms with van der Waals surface area (Å²) in [5, 5.41) is 10.7. The third-order valence-corrected chi connectivity index (χ3v) is 5.70. The lowest BCUT2D eigenvalue weighted by atomic mass is 9.95. The number of benzene rings is 1. The number of methoxy groups -OCH3 is 1. The molecule has 1 fully saturated rings. The molecule has 1 saturated heterocycles. The second-order valence-corrected chi connectivity index (χ2v) is 7.55. The topological polar surface area (TPSA) is 92.5 Å². The van der Waals surface area contributed by atoms with Crippen molar-refractivity contribution in [1.29, 1.82) is 0 Å². The van der Waals surface area contributed by atoms with Crippen LogP contribution in [0.2, 0.25) is 0 Å². The van der Waals surface area contributed by atoms with Crippen LogP contribution in [0.3, 0.4) is 0 Å². The molecule has 1 aromatic carbocycles. The number of carbonyl (C=O) groups is 2. The van der Waals surface area contributed by atoms with Gasteiger partial charge in [-0.25, -0.2) is 0 Å². The highest BCUT2D eigenvalue weighted by atomic mass is 16.5. The van der Waals surface area contributed by atoms with Crippen LogP contribution in [0.1, 0.15) is 28.6 Å². The summed E-state index contributed by atoms with van der Waals surface area (Å²) in [6.45, 7) is 4.36. The van der Waals surface area contributed by atoms with Gasteiger partial charge in [0.15, 0.2) is 11.5 Å². The highest BCUT2D eigenvalue weighted by Gasteiger charge is 2.44. The first kappa shape index (κ1) is 21.1. The van der Waals surface area contributed by atoms with Crippen LogP contribution in [0.25, 0.3) is 0 Å². The van der Waals surface area contributed by atoms with E-state index in [0.29, 0.717) is 31.9 Å². The largest absolute Gasteiger partial charge is 0.503 e. The van der Waals surface area contributed by atoms with E-state index in [1.54, 1.807) is 42.3 Å². The maximum absolute atomic E-state index is 13.1. The van der Waals surface area contributed by atoms with Crippen LogP contribution in [0, 0.1) is 0 Å². The first-order valence-electron chi connectivity index (χ1n) is 10.4. The van der Waals surface area contributed by atoms with E-state index in [1.165, 1.54) is 12.3 Å². The molecule has 3 heterocycles. The summed E-state index contributed by atoms with van der Waals surface area (Å²) in [4.78, 5) is 29.9. The molecule has 0 aliphatic carbocycles. The lowest BCUT2D eigenvalue weighted by molar-refractivity contribution is -0.129. The van der Waals surface area contributed by atoms with Crippen LogP contribution in [-0.2, 0) is 9.53 Å². The van der Waals surface area contributed by atoms with E-state index >= 15 is 0 Å². The van der Waals surface area contributed by atoms with Gasteiger partial charge in [0.05, 0.1) is 38.2 Å². The summed E-state index contributed by atoms with van der Waals surface area (Å²) in [5.74, 6) is -0.805. The summed E-state index contributed by atoms with van der Waals surface area (Å²) in [7, 11) is 1.57. The number of furan rings is 1. The van der Waals surface area contributed by atoms with Crippen LogP contribution < -0.4 is 4.74 Å². The Morgan fingerprint density at radius 2 is 1.90 bits per heavy atom. The average molecular weight is 426 g/mol. The van der Waals surface area contributed by atoms with Crippen molar-refractivity contribution >= 4 is 11.7 Å². The number of aliphatic hydroxyl groups is 1. The summed E-state index contributed by atoms with van der Waals surface area (Å²) in [6.07, 6.45) is 2.11. The Labute approximate surface area is 180 Å². The van der Waals surface area contributed by atoms with Crippen LogP contribution in [0.15, 0.2) is 58.4 Å². The van der Waals surface area contributed by atoms with Crippen LogP contribution in [0.5, 0.6) is 5.75 Å². The zero-order valence-corrected chi connectivity index (χ0v) is 17.5. The maximum atomic E-state index is 13.1. The Kier molecular flexibility index (Phi) is 6.39. The lowest BCUT2D eigenvalue weighted by Crippen LogP contribution is -2.39. The molecule has 0 radical (unpaired) electrons. The van der Waals surface area contributed by atoms with Crippen LogP contribution in [-0.4, -0.2) is 73.1 Å². The summed E-state index contributed by atoms with van der Waals surface area (Å²) in [6, 6.07) is 9.59. The van der Waals surface area contributed by atoms with Gasteiger partial charge in [-0.3, -0.25) is 14.5 Å². The minimum absolute atomic E-state index is 0.0384. The van der Waals surface area contributed by atoms with Gasteiger partial charge in [0.25, 0.3) is 5.91 Å². The molecule has 31 heavy (non-hydrogen) atoms. The number of nitrogens with zero attached hydrogens (tertiary/aromatic N) is 2. The monoisotopic (exact) mass is 426 g/mol. The third kappa shape index (κ3) is 4.35. The fraction of sp³-hybridized carbons (Fsp3) is 0.391. The van der Waals surface area contributed by atoms with E-state index in [-0.39, 0.29) is 11.3 Å². The number of ether oxygens (including phenoxy) is 2. The highest BCUT2D eigenvalue weighted by Crippen LogP contribution is 2.39. The normalized spacial score (nSPS) is 19.8. The van der Waals surface area contributed by atoms with Gasteiger partial charge in [-0.2, -0.15) is 0 Å². The number of rotatable bonds is 8. The second kappa shape index (κ2) is 9.36. The van der Waals surface area contributed by atoms with Crippen LogP contribution >= 0.6 is 0 Å². The minimum Gasteiger partial charge on any atom is -0.503 e. The van der Waals surface area contributed by atoms with Crippen molar-refractivity contribution in [2.24, 2.45) is 0 Å². The molecule has 164 valence electrons. The highest BCUT2D eigenvalue weighted by molar-refractivity contribution is 6.15. The molecule has 0 bridgehead atoms. The van der Waals surface area contributed by atoms with E-state index in [9.17, 15) is 14.7 Å². The number of aliphatic hydroxyl groups excluding tert-OH is 1. The Bertz CT molecular complexity index is 945. The van der Waals surface area contributed by atoms with Gasteiger partial charge in [-0.1, -0.05) is 12.1 Å². The first-order chi connectivity index (χ1) is 15.1. The molecule has 2 aliphatic rings. The molecule has 4 rings (SSSR count). The van der Waals surface area contributed by atoms with Gasteiger partial charge in [-0.15, -0.1) is 0 Å². The molecule has 1 aromatic heterocycles. The predicted molar refractivity (Wildman–Crippen MR) is 112 cm³/mol. The molecule has 2 aromatic rings. The SMILES string of the molecule is COc1ccc(C2C(C(=O)c3ccco3)=C(O)C(=O)N2CCCN2CCOCC2)cc1. The third-order valence-electron chi connectivity index (χ3n) is 5.70. The fourth-order valence-electron chi connectivity index (χ4n) is 4.08. The number of morpholine rings is 1. The van der Waals surface area contributed by atoms with Gasteiger partial charge in [0.1, 0.15) is 5.75 Å². The number of hydrogen-bond acceptors (Lipinski definition) is 7. The zero-order valence-electron chi connectivity index (χ0n) is 17.5. The zero-order chi connectivity index (χ0) is 21.8. The summed E-state index contributed by atoms with van der Waals surface area (Å²) in [5.41, 5.74) is 0.760. The van der Waals surface area contributed by atoms with Crippen molar-refractivity contribution in [1.82, 2.24) is 9.80 Å². The van der Waals surface area contributed by atoms with E-state index in [2.05, 4.69) is 4.90 Å². The molecule has 8 heteroatoms. The Hall–Kier alpha value is -3.10. The molecule has 2 aliphatic heterocycles. The van der Waals surface area contributed by atoms with Gasteiger partial charge >= 0.3 is 0 Å². The van der Waals surface area contributed by atoms with E-state index in [1.807, 2.05) is 0 Å².